The molecule has 0 radical (unpaired) electrons. The molecule has 0 heterocycles. The number of nitrogens with one attached hydrogen (secondary N) is 1. The summed E-state index contributed by atoms with van der Waals surface area (Å²) in [6.45, 7) is 1.79. The molecule has 142 valence electrons. The number of rotatable bonds is 7. The first-order valence-electron chi connectivity index (χ1n) is 8.87. The molecule has 0 aliphatic rings. The molecule has 0 bridgehead atoms. The zero-order chi connectivity index (χ0) is 20.0. The molecule has 0 saturated carbocycles. The average Bonchev–Trinajstić information content (AvgIpc) is 2.72. The summed E-state index contributed by atoms with van der Waals surface area (Å²) in [6, 6.07) is 24.8. The maximum Gasteiger partial charge on any atom is 0.240 e. The molecule has 0 spiro atoms. The van der Waals surface area contributed by atoms with Gasteiger partial charge in [-0.15, -0.1) is 0 Å². The van der Waals surface area contributed by atoms with E-state index in [2.05, 4.69) is 4.72 Å². The Kier molecular flexibility index (Phi) is 6.19. The maximum absolute atomic E-state index is 12.9. The molecule has 5 heteroatoms. The molecule has 3 aromatic carbocycles. The van der Waals surface area contributed by atoms with Crippen molar-refractivity contribution in [3.63, 3.8) is 0 Å². The van der Waals surface area contributed by atoms with Crippen LogP contribution in [0.3, 0.4) is 0 Å². The van der Waals surface area contributed by atoms with Crippen LogP contribution >= 0.6 is 0 Å². The third-order valence-electron chi connectivity index (χ3n) is 4.25. The van der Waals surface area contributed by atoms with E-state index in [4.69, 9.17) is 0 Å². The van der Waals surface area contributed by atoms with Crippen LogP contribution in [0, 0.1) is 6.92 Å². The van der Waals surface area contributed by atoms with Gasteiger partial charge in [0.05, 0.1) is 4.90 Å². The Balaban J connectivity index is 1.88. The second-order valence-electron chi connectivity index (χ2n) is 6.41. The molecule has 3 rings (SSSR count). The Bertz CT molecular complexity index is 1070. The number of benzene rings is 3. The van der Waals surface area contributed by atoms with Crippen LogP contribution in [0.1, 0.15) is 21.5 Å². The topological polar surface area (TPSA) is 63.2 Å². The monoisotopic (exact) mass is 391 g/mol. The molecule has 4 nitrogen and oxygen atoms in total. The Morgan fingerprint density at radius 1 is 0.857 bits per heavy atom. The Morgan fingerprint density at radius 3 is 2.04 bits per heavy atom. The van der Waals surface area contributed by atoms with Crippen molar-refractivity contribution in [3.8, 4) is 0 Å². The van der Waals surface area contributed by atoms with Crippen LogP contribution in [0.15, 0.2) is 95.4 Å². The lowest BCUT2D eigenvalue weighted by molar-refractivity contribution is 0.103. The van der Waals surface area contributed by atoms with Gasteiger partial charge in [-0.1, -0.05) is 78.4 Å². The summed E-state index contributed by atoms with van der Waals surface area (Å²) in [7, 11) is -3.72. The molecule has 0 unspecified atom stereocenters. The first-order valence-corrected chi connectivity index (χ1v) is 10.4. The first kappa shape index (κ1) is 19.7. The van der Waals surface area contributed by atoms with Crippen molar-refractivity contribution in [1.29, 1.82) is 0 Å². The van der Waals surface area contributed by atoms with Crippen molar-refractivity contribution < 1.29 is 13.2 Å². The van der Waals surface area contributed by atoms with Crippen LogP contribution in [0.2, 0.25) is 0 Å². The van der Waals surface area contributed by atoms with E-state index in [9.17, 15) is 13.2 Å². The van der Waals surface area contributed by atoms with Gasteiger partial charge >= 0.3 is 0 Å². The average molecular weight is 391 g/mol. The van der Waals surface area contributed by atoms with Crippen molar-refractivity contribution in [2.45, 2.75) is 11.8 Å². The number of aryl methyl sites for hydroxylation is 1. The summed E-state index contributed by atoms with van der Waals surface area (Å²) in [4.78, 5) is 13.1. The number of carbonyl (C=O) groups is 1. The van der Waals surface area contributed by atoms with Gasteiger partial charge in [-0.3, -0.25) is 4.79 Å². The summed E-state index contributed by atoms with van der Waals surface area (Å²) in [5.74, 6) is -0.212. The number of hydrogen-bond acceptors (Lipinski definition) is 3. The summed E-state index contributed by atoms with van der Waals surface area (Å²) in [5, 5.41) is 0. The van der Waals surface area contributed by atoms with Crippen LogP contribution < -0.4 is 4.72 Å². The van der Waals surface area contributed by atoms with Gasteiger partial charge in [-0.25, -0.2) is 13.1 Å². The first-order chi connectivity index (χ1) is 13.5. The highest BCUT2D eigenvalue weighted by Crippen LogP contribution is 2.15. The second-order valence-corrected chi connectivity index (χ2v) is 8.18. The number of carbonyl (C=O) groups excluding carboxylic acids is 1. The second kappa shape index (κ2) is 8.78. The molecule has 3 aromatic rings. The van der Waals surface area contributed by atoms with Crippen LogP contribution in [0.25, 0.3) is 6.08 Å². The van der Waals surface area contributed by atoms with Gasteiger partial charge in [0.2, 0.25) is 10.0 Å². The normalized spacial score (nSPS) is 12.0. The lowest BCUT2D eigenvalue weighted by Gasteiger charge is -2.10. The van der Waals surface area contributed by atoms with Gasteiger partial charge in [0.1, 0.15) is 0 Å². The van der Waals surface area contributed by atoms with Crippen molar-refractivity contribution in [1.82, 2.24) is 4.72 Å². The molecule has 0 aliphatic carbocycles. The van der Waals surface area contributed by atoms with Gasteiger partial charge in [0, 0.05) is 17.7 Å². The molecular formula is C23H21NO3S. The predicted molar refractivity (Wildman–Crippen MR) is 112 cm³/mol. The lowest BCUT2D eigenvalue weighted by Crippen LogP contribution is -2.28. The quantitative estimate of drug-likeness (QED) is 0.484. The fraction of sp³-hybridized carbons (Fsp3) is 0.0870. The minimum atomic E-state index is -3.72. The maximum atomic E-state index is 12.9. The van der Waals surface area contributed by atoms with Crippen molar-refractivity contribution in [2.24, 2.45) is 0 Å². The molecule has 0 amide bonds. The van der Waals surface area contributed by atoms with Gasteiger partial charge in [0.15, 0.2) is 5.78 Å². The minimum Gasteiger partial charge on any atom is -0.289 e. The Morgan fingerprint density at radius 2 is 1.43 bits per heavy atom. The molecule has 1 N–H and O–H groups in total. The van der Waals surface area contributed by atoms with E-state index in [1.165, 1.54) is 0 Å². The van der Waals surface area contributed by atoms with Crippen LogP contribution in [0.5, 0.6) is 0 Å². The highest BCUT2D eigenvalue weighted by Gasteiger charge is 2.18. The molecular weight excluding hydrogens is 370 g/mol. The predicted octanol–water partition coefficient (Wildman–Crippen LogP) is 4.24. The lowest BCUT2D eigenvalue weighted by atomic mass is 10.0. The van der Waals surface area contributed by atoms with Crippen LogP contribution in [-0.2, 0) is 10.0 Å². The van der Waals surface area contributed by atoms with Gasteiger partial charge in [-0.2, -0.15) is 0 Å². The van der Waals surface area contributed by atoms with Crippen molar-refractivity contribution in [2.75, 3.05) is 6.54 Å². The standard InChI is InChI=1S/C23H21NO3S/c1-18-12-14-22(15-13-18)28(26,27)24-17-21(16-19-8-4-2-5-9-19)23(25)20-10-6-3-7-11-20/h2-16,24H,17H2,1H3. The zero-order valence-electron chi connectivity index (χ0n) is 15.5. The summed E-state index contributed by atoms with van der Waals surface area (Å²) < 4.78 is 27.8. The zero-order valence-corrected chi connectivity index (χ0v) is 16.3. The number of ketones is 1. The van der Waals surface area contributed by atoms with Gasteiger partial charge in [-0.05, 0) is 30.7 Å². The third-order valence-corrected chi connectivity index (χ3v) is 5.67. The van der Waals surface area contributed by atoms with E-state index in [0.717, 1.165) is 11.1 Å². The highest BCUT2D eigenvalue weighted by molar-refractivity contribution is 7.89. The van der Waals surface area contributed by atoms with E-state index < -0.39 is 10.0 Å². The minimum absolute atomic E-state index is 0.0984. The molecule has 0 atom stereocenters. The molecule has 0 saturated heterocycles. The summed E-state index contributed by atoms with van der Waals surface area (Å²) in [6.07, 6.45) is 1.72. The Labute approximate surface area is 165 Å². The fourth-order valence-corrected chi connectivity index (χ4v) is 3.70. The fourth-order valence-electron chi connectivity index (χ4n) is 2.70. The van der Waals surface area contributed by atoms with Crippen LogP contribution in [0.4, 0.5) is 0 Å². The van der Waals surface area contributed by atoms with Gasteiger partial charge in [0.25, 0.3) is 0 Å². The largest absolute Gasteiger partial charge is 0.289 e. The van der Waals surface area contributed by atoms with Crippen LogP contribution in [-0.4, -0.2) is 20.7 Å². The van der Waals surface area contributed by atoms with Crippen molar-refractivity contribution >= 4 is 21.9 Å². The third kappa shape index (κ3) is 5.03. The molecule has 0 aromatic heterocycles. The van der Waals surface area contributed by atoms with E-state index in [1.807, 2.05) is 43.3 Å². The van der Waals surface area contributed by atoms with Crippen molar-refractivity contribution in [3.05, 3.63) is 107 Å². The highest BCUT2D eigenvalue weighted by atomic mass is 32.2. The Hall–Kier alpha value is -3.02. The molecule has 0 aliphatic heterocycles. The van der Waals surface area contributed by atoms with E-state index in [0.29, 0.717) is 11.1 Å². The smallest absolute Gasteiger partial charge is 0.240 e. The number of sulfonamides is 1. The van der Waals surface area contributed by atoms with E-state index in [1.54, 1.807) is 54.6 Å². The molecule has 0 fully saturated rings. The summed E-state index contributed by atoms with van der Waals surface area (Å²) in [5.41, 5.74) is 2.69. The molecule has 28 heavy (non-hydrogen) atoms. The van der Waals surface area contributed by atoms with E-state index in [-0.39, 0.29) is 17.2 Å². The van der Waals surface area contributed by atoms with E-state index >= 15 is 0 Å². The number of Topliss-reactive ketones (excluding diaryl/α,β-unsaturated/α-hetero) is 1. The number of hydrogen-bond donors (Lipinski definition) is 1. The summed E-state index contributed by atoms with van der Waals surface area (Å²) >= 11 is 0. The SMILES string of the molecule is Cc1ccc(S(=O)(=O)NCC(=Cc2ccccc2)C(=O)c2ccccc2)cc1. The van der Waals surface area contributed by atoms with Gasteiger partial charge < -0.3 is 0 Å².